The standard InChI is InChI=1S/C12H16BrClN2O2S.ClH/c13-9-4-2-5-10(14)12(9)19(17,18)16-11-6-1-3-8(11)7-15;/h2,4-5,8,11,16H,1,3,6-7,15H2;1H. The third kappa shape index (κ3) is 3.87. The first kappa shape index (κ1) is 18.2. The fraction of sp³-hybridized carbons (Fsp3) is 0.500. The van der Waals surface area contributed by atoms with Gasteiger partial charge in [-0.1, -0.05) is 24.1 Å². The Labute approximate surface area is 139 Å². The number of hydrogen-bond acceptors (Lipinski definition) is 3. The highest BCUT2D eigenvalue weighted by Gasteiger charge is 2.31. The van der Waals surface area contributed by atoms with Crippen LogP contribution in [0, 0.1) is 5.92 Å². The van der Waals surface area contributed by atoms with Crippen LogP contribution in [0.3, 0.4) is 0 Å². The predicted octanol–water partition coefficient (Wildman–Crippen LogP) is 2.93. The van der Waals surface area contributed by atoms with Crippen LogP contribution < -0.4 is 10.5 Å². The number of sulfonamides is 1. The Kier molecular flexibility index (Phi) is 6.76. The Morgan fingerprint density at radius 2 is 2.10 bits per heavy atom. The topological polar surface area (TPSA) is 72.2 Å². The highest BCUT2D eigenvalue weighted by molar-refractivity contribution is 9.10. The lowest BCUT2D eigenvalue weighted by Gasteiger charge is -2.20. The van der Waals surface area contributed by atoms with E-state index in [9.17, 15) is 8.42 Å². The van der Waals surface area contributed by atoms with Crippen LogP contribution in [0.1, 0.15) is 19.3 Å². The summed E-state index contributed by atoms with van der Waals surface area (Å²) in [5.74, 6) is 0.205. The molecule has 2 atom stereocenters. The summed E-state index contributed by atoms with van der Waals surface area (Å²) < 4.78 is 28.0. The lowest BCUT2D eigenvalue weighted by molar-refractivity contribution is 0.453. The van der Waals surface area contributed by atoms with Crippen LogP contribution >= 0.6 is 39.9 Å². The molecule has 0 saturated heterocycles. The molecule has 2 unspecified atom stereocenters. The van der Waals surface area contributed by atoms with Gasteiger partial charge in [-0.05, 0) is 53.4 Å². The number of nitrogens with one attached hydrogen (secondary N) is 1. The summed E-state index contributed by atoms with van der Waals surface area (Å²) in [6.45, 7) is 0.497. The van der Waals surface area contributed by atoms with E-state index in [-0.39, 0.29) is 34.3 Å². The molecule has 8 heteroatoms. The minimum absolute atomic E-state index is 0. The molecule has 0 aromatic heterocycles. The second-order valence-electron chi connectivity index (χ2n) is 4.71. The SMILES string of the molecule is Cl.NCC1CCCC1NS(=O)(=O)c1c(Cl)cccc1Br. The van der Waals surface area contributed by atoms with Crippen molar-refractivity contribution >= 4 is 50.0 Å². The van der Waals surface area contributed by atoms with Gasteiger partial charge in [0.05, 0.1) is 5.02 Å². The normalized spacial score (nSPS) is 22.6. The van der Waals surface area contributed by atoms with Crippen molar-refractivity contribution in [3.05, 3.63) is 27.7 Å². The minimum Gasteiger partial charge on any atom is -0.330 e. The molecule has 3 N–H and O–H groups in total. The van der Waals surface area contributed by atoms with Gasteiger partial charge in [0.2, 0.25) is 10.0 Å². The van der Waals surface area contributed by atoms with E-state index in [2.05, 4.69) is 20.7 Å². The van der Waals surface area contributed by atoms with Gasteiger partial charge in [-0.15, -0.1) is 12.4 Å². The van der Waals surface area contributed by atoms with Crippen molar-refractivity contribution in [1.29, 1.82) is 0 Å². The molecule has 1 aliphatic carbocycles. The van der Waals surface area contributed by atoms with Crippen LogP contribution in [0.2, 0.25) is 5.02 Å². The van der Waals surface area contributed by atoms with Crippen molar-refractivity contribution in [2.45, 2.75) is 30.2 Å². The van der Waals surface area contributed by atoms with Crippen molar-refractivity contribution < 1.29 is 8.42 Å². The number of hydrogen-bond donors (Lipinski definition) is 2. The molecule has 20 heavy (non-hydrogen) atoms. The molecular weight excluding hydrogens is 387 g/mol. The van der Waals surface area contributed by atoms with Crippen molar-refractivity contribution in [2.24, 2.45) is 11.7 Å². The van der Waals surface area contributed by atoms with E-state index in [0.29, 0.717) is 11.0 Å². The lowest BCUT2D eigenvalue weighted by atomic mass is 10.1. The summed E-state index contributed by atoms with van der Waals surface area (Å²) >= 11 is 9.23. The van der Waals surface area contributed by atoms with Gasteiger partial charge in [0, 0.05) is 10.5 Å². The smallest absolute Gasteiger partial charge is 0.243 e. The molecule has 114 valence electrons. The van der Waals surface area contributed by atoms with Crippen LogP contribution in [-0.2, 0) is 10.0 Å². The summed E-state index contributed by atoms with van der Waals surface area (Å²) in [4.78, 5) is 0.0966. The van der Waals surface area contributed by atoms with Crippen LogP contribution in [0.5, 0.6) is 0 Å². The Morgan fingerprint density at radius 1 is 1.40 bits per heavy atom. The van der Waals surface area contributed by atoms with E-state index < -0.39 is 10.0 Å². The maximum Gasteiger partial charge on any atom is 0.243 e. The Balaban J connectivity index is 0.00000200. The summed E-state index contributed by atoms with van der Waals surface area (Å²) in [6.07, 6.45) is 2.79. The van der Waals surface area contributed by atoms with Gasteiger partial charge in [-0.2, -0.15) is 0 Å². The fourth-order valence-electron chi connectivity index (χ4n) is 2.47. The van der Waals surface area contributed by atoms with E-state index in [1.807, 2.05) is 0 Å². The summed E-state index contributed by atoms with van der Waals surface area (Å²) in [5.41, 5.74) is 5.67. The lowest BCUT2D eigenvalue weighted by Crippen LogP contribution is -2.40. The molecule has 2 rings (SSSR count). The molecule has 0 amide bonds. The van der Waals surface area contributed by atoms with Crippen molar-refractivity contribution in [3.8, 4) is 0 Å². The third-order valence-corrected chi connectivity index (χ3v) is 6.40. The molecule has 4 nitrogen and oxygen atoms in total. The van der Waals surface area contributed by atoms with Crippen molar-refractivity contribution in [3.63, 3.8) is 0 Å². The molecule has 0 bridgehead atoms. The Hall–Kier alpha value is 0.150. The molecule has 1 fully saturated rings. The van der Waals surface area contributed by atoms with Crippen molar-refractivity contribution in [2.75, 3.05) is 6.54 Å². The average Bonchev–Trinajstić information content (AvgIpc) is 2.74. The van der Waals surface area contributed by atoms with E-state index >= 15 is 0 Å². The Bertz CT molecular complexity index is 548. The fourth-order valence-corrected chi connectivity index (χ4v) is 5.55. The van der Waals surface area contributed by atoms with Gasteiger partial charge in [-0.25, -0.2) is 13.1 Å². The zero-order chi connectivity index (χ0) is 14.0. The second-order valence-corrected chi connectivity index (χ2v) is 7.62. The summed E-state index contributed by atoms with van der Waals surface area (Å²) in [5, 5.41) is 0.212. The first-order chi connectivity index (χ1) is 8.95. The van der Waals surface area contributed by atoms with Gasteiger partial charge >= 0.3 is 0 Å². The zero-order valence-corrected chi connectivity index (χ0v) is 14.7. The largest absolute Gasteiger partial charge is 0.330 e. The average molecular weight is 404 g/mol. The van der Waals surface area contributed by atoms with E-state index in [1.165, 1.54) is 0 Å². The van der Waals surface area contributed by atoms with Crippen LogP contribution in [0.15, 0.2) is 27.6 Å². The first-order valence-corrected chi connectivity index (χ1v) is 8.77. The molecule has 0 heterocycles. The van der Waals surface area contributed by atoms with Gasteiger partial charge in [0.25, 0.3) is 0 Å². The molecular formula is C12H17BrCl2N2O2S. The molecule has 1 aliphatic rings. The minimum atomic E-state index is -3.63. The summed E-state index contributed by atoms with van der Waals surface area (Å²) in [7, 11) is -3.63. The first-order valence-electron chi connectivity index (χ1n) is 6.12. The predicted molar refractivity (Wildman–Crippen MR) is 86.9 cm³/mol. The Morgan fingerprint density at radius 3 is 2.70 bits per heavy atom. The molecule has 1 aromatic carbocycles. The molecule has 1 saturated carbocycles. The molecule has 0 spiro atoms. The quantitative estimate of drug-likeness (QED) is 0.811. The van der Waals surface area contributed by atoms with Crippen molar-refractivity contribution in [1.82, 2.24) is 4.72 Å². The van der Waals surface area contributed by atoms with Gasteiger partial charge < -0.3 is 5.73 Å². The molecule has 0 radical (unpaired) electrons. The number of rotatable bonds is 4. The van der Waals surface area contributed by atoms with Crippen LogP contribution in [-0.4, -0.2) is 21.0 Å². The highest BCUT2D eigenvalue weighted by Crippen LogP contribution is 2.31. The van der Waals surface area contributed by atoms with Gasteiger partial charge in [-0.3, -0.25) is 0 Å². The second kappa shape index (κ2) is 7.42. The van der Waals surface area contributed by atoms with Gasteiger partial charge in [0.15, 0.2) is 0 Å². The van der Waals surface area contributed by atoms with Crippen LogP contribution in [0.4, 0.5) is 0 Å². The third-order valence-electron chi connectivity index (χ3n) is 3.46. The monoisotopic (exact) mass is 402 g/mol. The maximum absolute atomic E-state index is 12.4. The van der Waals surface area contributed by atoms with E-state index in [1.54, 1.807) is 18.2 Å². The van der Waals surface area contributed by atoms with Gasteiger partial charge in [0.1, 0.15) is 4.90 Å². The maximum atomic E-state index is 12.4. The van der Waals surface area contributed by atoms with Crippen LogP contribution in [0.25, 0.3) is 0 Å². The summed E-state index contributed by atoms with van der Waals surface area (Å²) in [6, 6.07) is 4.83. The molecule has 0 aliphatic heterocycles. The number of benzene rings is 1. The number of nitrogens with two attached hydrogens (primary N) is 1. The zero-order valence-electron chi connectivity index (χ0n) is 10.7. The highest BCUT2D eigenvalue weighted by atomic mass is 79.9. The molecule has 1 aromatic rings. The number of halogens is 3. The van der Waals surface area contributed by atoms with E-state index in [4.69, 9.17) is 17.3 Å². The van der Waals surface area contributed by atoms with E-state index in [0.717, 1.165) is 19.3 Å².